The van der Waals surface area contributed by atoms with E-state index in [2.05, 4.69) is 12.2 Å². The summed E-state index contributed by atoms with van der Waals surface area (Å²) in [5, 5.41) is 3.52. The molecule has 1 fully saturated rings. The number of ether oxygens (including phenoxy) is 2. The van der Waals surface area contributed by atoms with Crippen molar-refractivity contribution in [2.24, 2.45) is 5.92 Å². The maximum atomic E-state index is 12.0. The Labute approximate surface area is 129 Å². The Kier molecular flexibility index (Phi) is 7.46. The summed E-state index contributed by atoms with van der Waals surface area (Å²) in [6.45, 7) is 11.2. The van der Waals surface area contributed by atoms with Gasteiger partial charge in [-0.2, -0.15) is 0 Å². The van der Waals surface area contributed by atoms with Crippen LogP contribution in [0.4, 0.5) is 4.79 Å². The zero-order chi connectivity index (χ0) is 15.9. The Morgan fingerprint density at radius 3 is 2.71 bits per heavy atom. The monoisotopic (exact) mass is 300 g/mol. The number of nitrogens with one attached hydrogen (secondary N) is 1. The van der Waals surface area contributed by atoms with Gasteiger partial charge in [0, 0.05) is 26.2 Å². The van der Waals surface area contributed by atoms with Crippen molar-refractivity contribution in [1.82, 2.24) is 10.2 Å². The third-order valence-corrected chi connectivity index (χ3v) is 3.78. The van der Waals surface area contributed by atoms with Crippen LogP contribution < -0.4 is 5.32 Å². The van der Waals surface area contributed by atoms with E-state index in [9.17, 15) is 4.79 Å². The minimum atomic E-state index is -0.411. The molecule has 1 saturated heterocycles. The summed E-state index contributed by atoms with van der Waals surface area (Å²) in [5.41, 5.74) is -0.411. The number of hydrogen-bond donors (Lipinski definition) is 1. The molecule has 0 spiro atoms. The fourth-order valence-corrected chi connectivity index (χ4v) is 2.57. The topological polar surface area (TPSA) is 50.8 Å². The van der Waals surface area contributed by atoms with Crippen molar-refractivity contribution >= 4 is 6.09 Å². The van der Waals surface area contributed by atoms with E-state index in [1.54, 1.807) is 7.11 Å². The highest BCUT2D eigenvalue weighted by molar-refractivity contribution is 5.68. The van der Waals surface area contributed by atoms with Gasteiger partial charge in [0.1, 0.15) is 5.60 Å². The van der Waals surface area contributed by atoms with E-state index in [4.69, 9.17) is 9.47 Å². The first-order chi connectivity index (χ1) is 9.85. The molecule has 5 heteroatoms. The molecule has 0 aromatic carbocycles. The maximum absolute atomic E-state index is 12.0. The van der Waals surface area contributed by atoms with E-state index in [-0.39, 0.29) is 6.09 Å². The van der Waals surface area contributed by atoms with Crippen molar-refractivity contribution < 1.29 is 14.3 Å². The zero-order valence-electron chi connectivity index (χ0n) is 14.3. The fraction of sp³-hybridized carbons (Fsp3) is 0.938. The first-order valence-corrected chi connectivity index (χ1v) is 8.06. The molecule has 1 aliphatic rings. The highest BCUT2D eigenvalue weighted by Gasteiger charge is 2.29. The smallest absolute Gasteiger partial charge is 0.410 e. The van der Waals surface area contributed by atoms with Gasteiger partial charge in [-0.15, -0.1) is 0 Å². The summed E-state index contributed by atoms with van der Waals surface area (Å²) in [6, 6.07) is 0.429. The summed E-state index contributed by atoms with van der Waals surface area (Å²) in [7, 11) is 1.74. The van der Waals surface area contributed by atoms with E-state index < -0.39 is 5.60 Å². The predicted molar refractivity (Wildman–Crippen MR) is 84.5 cm³/mol. The predicted octanol–water partition coefficient (Wildman–Crippen LogP) is 2.65. The molecule has 1 heterocycles. The highest BCUT2D eigenvalue weighted by atomic mass is 16.6. The molecule has 0 radical (unpaired) electrons. The van der Waals surface area contributed by atoms with Gasteiger partial charge in [-0.05, 0) is 52.5 Å². The molecule has 1 aliphatic heterocycles. The minimum Gasteiger partial charge on any atom is -0.444 e. The van der Waals surface area contributed by atoms with Gasteiger partial charge in [0.05, 0.1) is 6.61 Å². The minimum absolute atomic E-state index is 0.177. The van der Waals surface area contributed by atoms with Gasteiger partial charge in [-0.1, -0.05) is 6.92 Å². The number of carbonyl (C=O) groups is 1. The lowest BCUT2D eigenvalue weighted by atomic mass is 10.0. The van der Waals surface area contributed by atoms with Crippen LogP contribution in [0.5, 0.6) is 0 Å². The van der Waals surface area contributed by atoms with Crippen LogP contribution in [-0.4, -0.2) is 56.0 Å². The van der Waals surface area contributed by atoms with Gasteiger partial charge >= 0.3 is 6.09 Å². The number of rotatable bonds is 7. The molecule has 0 bridgehead atoms. The average molecular weight is 300 g/mol. The second-order valence-corrected chi connectivity index (χ2v) is 6.88. The lowest BCUT2D eigenvalue weighted by Crippen LogP contribution is -2.36. The first-order valence-electron chi connectivity index (χ1n) is 8.06. The largest absolute Gasteiger partial charge is 0.444 e. The SMILES string of the molecule is CCC(COC)NCCC1CCN(C(=O)OC(C)(C)C)C1. The molecule has 2 unspecified atom stereocenters. The molecule has 0 aliphatic carbocycles. The standard InChI is InChI=1S/C16H32N2O3/c1-6-14(12-20-5)17-9-7-13-8-10-18(11-13)15(19)21-16(2,3)4/h13-14,17H,6-12H2,1-5H3. The zero-order valence-corrected chi connectivity index (χ0v) is 14.3. The van der Waals surface area contributed by atoms with Gasteiger partial charge in [0.2, 0.25) is 0 Å². The van der Waals surface area contributed by atoms with E-state index in [1.165, 1.54) is 0 Å². The average Bonchev–Trinajstić information content (AvgIpc) is 2.84. The molecular formula is C16H32N2O3. The summed E-state index contributed by atoms with van der Waals surface area (Å²) in [5.74, 6) is 0.574. The Morgan fingerprint density at radius 2 is 2.14 bits per heavy atom. The molecule has 1 rings (SSSR count). The number of nitrogens with zero attached hydrogens (tertiary/aromatic N) is 1. The molecule has 21 heavy (non-hydrogen) atoms. The van der Waals surface area contributed by atoms with Crippen LogP contribution >= 0.6 is 0 Å². The van der Waals surface area contributed by atoms with Gasteiger partial charge in [-0.3, -0.25) is 0 Å². The van der Waals surface area contributed by atoms with Crippen LogP contribution in [0.25, 0.3) is 0 Å². The van der Waals surface area contributed by atoms with Crippen molar-refractivity contribution in [3.05, 3.63) is 0 Å². The number of methoxy groups -OCH3 is 1. The number of likely N-dealkylation sites (tertiary alicyclic amines) is 1. The Bertz CT molecular complexity index is 315. The third kappa shape index (κ3) is 7.14. The van der Waals surface area contributed by atoms with Crippen molar-refractivity contribution in [1.29, 1.82) is 0 Å². The second kappa shape index (κ2) is 8.59. The van der Waals surface area contributed by atoms with Crippen molar-refractivity contribution in [2.75, 3.05) is 33.4 Å². The summed E-state index contributed by atoms with van der Waals surface area (Å²) < 4.78 is 10.6. The van der Waals surface area contributed by atoms with Crippen LogP contribution in [0.3, 0.4) is 0 Å². The van der Waals surface area contributed by atoms with E-state index in [0.29, 0.717) is 12.0 Å². The quantitative estimate of drug-likeness (QED) is 0.785. The molecular weight excluding hydrogens is 268 g/mol. The Balaban J connectivity index is 2.24. The summed E-state index contributed by atoms with van der Waals surface area (Å²) >= 11 is 0. The molecule has 2 atom stereocenters. The van der Waals surface area contributed by atoms with Crippen molar-refractivity contribution in [3.8, 4) is 0 Å². The summed E-state index contributed by atoms with van der Waals surface area (Å²) in [4.78, 5) is 13.8. The van der Waals surface area contributed by atoms with E-state index >= 15 is 0 Å². The third-order valence-electron chi connectivity index (χ3n) is 3.78. The van der Waals surface area contributed by atoms with Gasteiger partial charge in [-0.25, -0.2) is 4.79 Å². The lowest BCUT2D eigenvalue weighted by molar-refractivity contribution is 0.0287. The van der Waals surface area contributed by atoms with Gasteiger partial charge < -0.3 is 19.7 Å². The normalized spacial score (nSPS) is 20.6. The molecule has 0 saturated carbocycles. The number of carbonyl (C=O) groups excluding carboxylic acids is 1. The molecule has 1 amide bonds. The molecule has 1 N–H and O–H groups in total. The number of hydrogen-bond acceptors (Lipinski definition) is 4. The summed E-state index contributed by atoms with van der Waals surface area (Å²) in [6.07, 6.45) is 3.06. The van der Waals surface area contributed by atoms with Crippen molar-refractivity contribution in [2.45, 2.75) is 58.6 Å². The molecule has 124 valence electrons. The van der Waals surface area contributed by atoms with Crippen LogP contribution in [0.2, 0.25) is 0 Å². The molecule has 5 nitrogen and oxygen atoms in total. The van der Waals surface area contributed by atoms with Crippen LogP contribution in [-0.2, 0) is 9.47 Å². The fourth-order valence-electron chi connectivity index (χ4n) is 2.57. The lowest BCUT2D eigenvalue weighted by Gasteiger charge is -2.24. The van der Waals surface area contributed by atoms with E-state index in [0.717, 1.165) is 45.5 Å². The Hall–Kier alpha value is -0.810. The van der Waals surface area contributed by atoms with Crippen molar-refractivity contribution in [3.63, 3.8) is 0 Å². The number of amides is 1. The van der Waals surface area contributed by atoms with Gasteiger partial charge in [0.25, 0.3) is 0 Å². The molecule has 0 aromatic heterocycles. The second-order valence-electron chi connectivity index (χ2n) is 6.88. The van der Waals surface area contributed by atoms with Crippen LogP contribution in [0.1, 0.15) is 47.0 Å². The highest BCUT2D eigenvalue weighted by Crippen LogP contribution is 2.21. The van der Waals surface area contributed by atoms with E-state index in [1.807, 2.05) is 25.7 Å². The van der Waals surface area contributed by atoms with Crippen LogP contribution in [0, 0.1) is 5.92 Å². The Morgan fingerprint density at radius 1 is 1.43 bits per heavy atom. The molecule has 0 aromatic rings. The van der Waals surface area contributed by atoms with Gasteiger partial charge in [0.15, 0.2) is 0 Å². The first kappa shape index (κ1) is 18.2. The maximum Gasteiger partial charge on any atom is 0.410 e. The van der Waals surface area contributed by atoms with Crippen LogP contribution in [0.15, 0.2) is 0 Å².